The molecule has 1 fully saturated rings. The van der Waals surface area contributed by atoms with Gasteiger partial charge in [-0.1, -0.05) is 26.7 Å². The molecule has 1 aliphatic heterocycles. The van der Waals surface area contributed by atoms with Crippen LogP contribution in [0.25, 0.3) is 0 Å². The molecule has 0 aromatic heterocycles. The number of guanidine groups is 1. The summed E-state index contributed by atoms with van der Waals surface area (Å²) in [5.74, 6) is 1.58. The second kappa shape index (κ2) is 10.1. The van der Waals surface area contributed by atoms with Crippen LogP contribution in [0.2, 0.25) is 0 Å². The summed E-state index contributed by atoms with van der Waals surface area (Å²) in [6.07, 6.45) is 6.79. The van der Waals surface area contributed by atoms with Crippen molar-refractivity contribution in [3.05, 3.63) is 0 Å². The number of rotatable bonds is 6. The number of likely N-dealkylation sites (tertiary alicyclic amines) is 1. The second-order valence-corrected chi connectivity index (χ2v) is 5.88. The highest BCUT2D eigenvalue weighted by Crippen LogP contribution is 2.09. The van der Waals surface area contributed by atoms with Crippen molar-refractivity contribution in [1.82, 2.24) is 15.5 Å². The third-order valence-electron chi connectivity index (χ3n) is 3.54. The molecule has 0 bridgehead atoms. The number of hydrogen-bond donors (Lipinski definition) is 2. The molecule has 0 aromatic carbocycles. The molecule has 112 valence electrons. The molecule has 0 unspecified atom stereocenters. The van der Waals surface area contributed by atoms with Crippen molar-refractivity contribution in [2.24, 2.45) is 10.9 Å². The Morgan fingerprint density at radius 1 is 1.11 bits per heavy atom. The quantitative estimate of drug-likeness (QED) is 0.440. The number of nitrogens with zero attached hydrogens (tertiary/aromatic N) is 2. The maximum absolute atomic E-state index is 4.24. The minimum atomic E-state index is 0.649. The lowest BCUT2D eigenvalue weighted by Crippen LogP contribution is -2.40. The highest BCUT2D eigenvalue weighted by Gasteiger charge is 2.08. The van der Waals surface area contributed by atoms with E-state index in [1.54, 1.807) is 0 Å². The van der Waals surface area contributed by atoms with E-state index in [-0.39, 0.29) is 0 Å². The van der Waals surface area contributed by atoms with Gasteiger partial charge in [-0.3, -0.25) is 4.99 Å². The topological polar surface area (TPSA) is 39.7 Å². The lowest BCUT2D eigenvalue weighted by Gasteiger charge is -2.20. The zero-order chi connectivity index (χ0) is 13.9. The average molecular weight is 268 g/mol. The van der Waals surface area contributed by atoms with Gasteiger partial charge in [-0.15, -0.1) is 0 Å². The molecule has 0 aliphatic carbocycles. The maximum Gasteiger partial charge on any atom is 0.190 e. The van der Waals surface area contributed by atoms with E-state index in [0.717, 1.165) is 19.0 Å². The highest BCUT2D eigenvalue weighted by atomic mass is 15.2. The first-order valence-corrected chi connectivity index (χ1v) is 7.89. The standard InChI is InChI=1S/C15H32N4/c1-14(2)13-18-15(16-3)17-9-8-12-19-10-6-4-5-7-11-19/h14H,4-13H2,1-3H3,(H2,16,17,18). The van der Waals surface area contributed by atoms with Crippen molar-refractivity contribution in [2.45, 2.75) is 46.0 Å². The molecular weight excluding hydrogens is 236 g/mol. The smallest absolute Gasteiger partial charge is 0.190 e. The Morgan fingerprint density at radius 2 is 1.79 bits per heavy atom. The lowest BCUT2D eigenvalue weighted by molar-refractivity contribution is 0.282. The first-order valence-electron chi connectivity index (χ1n) is 7.89. The molecule has 4 nitrogen and oxygen atoms in total. The van der Waals surface area contributed by atoms with Gasteiger partial charge in [0.05, 0.1) is 0 Å². The summed E-state index contributed by atoms with van der Waals surface area (Å²) in [5, 5.41) is 6.73. The van der Waals surface area contributed by atoms with Gasteiger partial charge in [0.15, 0.2) is 5.96 Å². The van der Waals surface area contributed by atoms with Crippen LogP contribution in [0, 0.1) is 5.92 Å². The van der Waals surface area contributed by atoms with Gasteiger partial charge < -0.3 is 15.5 Å². The van der Waals surface area contributed by atoms with Gasteiger partial charge in [-0.25, -0.2) is 0 Å². The molecule has 0 aromatic rings. The molecule has 1 saturated heterocycles. The summed E-state index contributed by atoms with van der Waals surface area (Å²) in [7, 11) is 1.84. The number of aliphatic imine (C=N–C) groups is 1. The van der Waals surface area contributed by atoms with E-state index in [1.165, 1.54) is 51.7 Å². The van der Waals surface area contributed by atoms with E-state index < -0.39 is 0 Å². The van der Waals surface area contributed by atoms with Crippen molar-refractivity contribution < 1.29 is 0 Å². The van der Waals surface area contributed by atoms with Crippen molar-refractivity contribution in [2.75, 3.05) is 39.8 Å². The molecule has 0 radical (unpaired) electrons. The summed E-state index contributed by atoms with van der Waals surface area (Å²) < 4.78 is 0. The van der Waals surface area contributed by atoms with Crippen LogP contribution in [-0.4, -0.2) is 50.6 Å². The lowest BCUT2D eigenvalue weighted by atomic mass is 10.2. The van der Waals surface area contributed by atoms with Gasteiger partial charge in [0, 0.05) is 20.1 Å². The molecule has 0 saturated carbocycles. The first-order chi connectivity index (χ1) is 9.22. The van der Waals surface area contributed by atoms with Crippen LogP contribution in [0.15, 0.2) is 4.99 Å². The number of hydrogen-bond acceptors (Lipinski definition) is 2. The minimum absolute atomic E-state index is 0.649. The molecule has 2 N–H and O–H groups in total. The SMILES string of the molecule is CN=C(NCCCN1CCCCCC1)NCC(C)C. The van der Waals surface area contributed by atoms with Gasteiger partial charge in [0.25, 0.3) is 0 Å². The molecular formula is C15H32N4. The van der Waals surface area contributed by atoms with E-state index in [1.807, 2.05) is 7.05 Å². The van der Waals surface area contributed by atoms with Crippen LogP contribution in [0.3, 0.4) is 0 Å². The summed E-state index contributed by atoms with van der Waals surface area (Å²) in [6.45, 7) is 10.2. The van der Waals surface area contributed by atoms with Crippen molar-refractivity contribution in [3.63, 3.8) is 0 Å². The Labute approximate surface area is 119 Å². The van der Waals surface area contributed by atoms with Crippen molar-refractivity contribution >= 4 is 5.96 Å². The van der Waals surface area contributed by atoms with E-state index in [9.17, 15) is 0 Å². The molecule has 0 amide bonds. The van der Waals surface area contributed by atoms with Crippen molar-refractivity contribution in [1.29, 1.82) is 0 Å². The fourth-order valence-corrected chi connectivity index (χ4v) is 2.39. The molecule has 0 atom stereocenters. The molecule has 4 heteroatoms. The molecule has 1 heterocycles. The van der Waals surface area contributed by atoms with Crippen LogP contribution in [0.5, 0.6) is 0 Å². The third kappa shape index (κ3) is 8.09. The van der Waals surface area contributed by atoms with Gasteiger partial charge in [-0.2, -0.15) is 0 Å². The fourth-order valence-electron chi connectivity index (χ4n) is 2.39. The van der Waals surface area contributed by atoms with Crippen LogP contribution in [-0.2, 0) is 0 Å². The Hall–Kier alpha value is -0.770. The number of nitrogens with one attached hydrogen (secondary N) is 2. The van der Waals surface area contributed by atoms with E-state index in [4.69, 9.17) is 0 Å². The molecule has 19 heavy (non-hydrogen) atoms. The van der Waals surface area contributed by atoms with E-state index in [0.29, 0.717) is 5.92 Å². The van der Waals surface area contributed by atoms with Gasteiger partial charge in [0.2, 0.25) is 0 Å². The Morgan fingerprint density at radius 3 is 2.37 bits per heavy atom. The van der Waals surface area contributed by atoms with Crippen molar-refractivity contribution in [3.8, 4) is 0 Å². The fraction of sp³-hybridized carbons (Fsp3) is 0.933. The van der Waals surface area contributed by atoms with E-state index >= 15 is 0 Å². The zero-order valence-electron chi connectivity index (χ0n) is 13.0. The normalized spacial score (nSPS) is 18.4. The largest absolute Gasteiger partial charge is 0.356 e. The van der Waals surface area contributed by atoms with Crippen LogP contribution < -0.4 is 10.6 Å². The first kappa shape index (κ1) is 16.3. The average Bonchev–Trinajstić information content (AvgIpc) is 2.66. The highest BCUT2D eigenvalue weighted by molar-refractivity contribution is 5.79. The zero-order valence-corrected chi connectivity index (χ0v) is 13.0. The van der Waals surface area contributed by atoms with Gasteiger partial charge in [0.1, 0.15) is 0 Å². The molecule has 1 rings (SSSR count). The molecule has 0 spiro atoms. The summed E-state index contributed by atoms with van der Waals surface area (Å²) >= 11 is 0. The summed E-state index contributed by atoms with van der Waals surface area (Å²) in [5.41, 5.74) is 0. The maximum atomic E-state index is 4.24. The third-order valence-corrected chi connectivity index (χ3v) is 3.54. The summed E-state index contributed by atoms with van der Waals surface area (Å²) in [4.78, 5) is 6.85. The monoisotopic (exact) mass is 268 g/mol. The van der Waals surface area contributed by atoms with E-state index in [2.05, 4.69) is 34.4 Å². The van der Waals surface area contributed by atoms with Gasteiger partial charge >= 0.3 is 0 Å². The van der Waals surface area contributed by atoms with Crippen LogP contribution in [0.4, 0.5) is 0 Å². The molecule has 1 aliphatic rings. The van der Waals surface area contributed by atoms with Gasteiger partial charge in [-0.05, 0) is 44.8 Å². The van der Waals surface area contributed by atoms with Crippen LogP contribution >= 0.6 is 0 Å². The minimum Gasteiger partial charge on any atom is -0.356 e. The predicted molar refractivity (Wildman–Crippen MR) is 83.7 cm³/mol. The van der Waals surface area contributed by atoms with Crippen LogP contribution in [0.1, 0.15) is 46.0 Å². The predicted octanol–water partition coefficient (Wildman–Crippen LogP) is 2.07. The Kier molecular flexibility index (Phi) is 8.63. The Balaban J connectivity index is 2.07. The Bertz CT molecular complexity index is 243. The summed E-state index contributed by atoms with van der Waals surface area (Å²) in [6, 6.07) is 0. The second-order valence-electron chi connectivity index (χ2n) is 5.88.